The van der Waals surface area contributed by atoms with Crippen LogP contribution in [0.5, 0.6) is 11.5 Å². The Labute approximate surface area is 135 Å². The summed E-state index contributed by atoms with van der Waals surface area (Å²) in [5.74, 6) is 1.36. The molecule has 2 N–H and O–H groups in total. The smallest absolute Gasteiger partial charge is 0.236 e. The molecule has 1 saturated heterocycles. The monoisotopic (exact) mass is 321 g/mol. The van der Waals surface area contributed by atoms with E-state index in [0.717, 1.165) is 5.75 Å². The van der Waals surface area contributed by atoms with Crippen LogP contribution in [0.3, 0.4) is 0 Å². The Bertz CT molecular complexity index is 542. The van der Waals surface area contributed by atoms with Crippen LogP contribution in [0.25, 0.3) is 0 Å². The van der Waals surface area contributed by atoms with E-state index in [4.69, 9.17) is 15.2 Å². The summed E-state index contributed by atoms with van der Waals surface area (Å²) in [5.41, 5.74) is 5.34. The molecule has 126 valence electrons. The van der Waals surface area contributed by atoms with Gasteiger partial charge in [-0.05, 0) is 12.1 Å². The molecule has 0 spiro atoms. The van der Waals surface area contributed by atoms with Gasteiger partial charge in [-0.2, -0.15) is 0 Å². The molecule has 1 aromatic rings. The lowest BCUT2D eigenvalue weighted by molar-refractivity contribution is -0.139. The number of hydrogen-bond donors (Lipinski definition) is 1. The standard InChI is InChI=1S/C16H23N3O4/c1-22-13-3-2-4-14(11-13)23-10-5-15(20)18-6-8-19(9-7-18)16(21)12-17/h2-4,11H,5-10,12,17H2,1H3. The van der Waals surface area contributed by atoms with Crippen LogP contribution in [0, 0.1) is 0 Å². The van der Waals surface area contributed by atoms with Gasteiger partial charge in [-0.1, -0.05) is 6.07 Å². The molecule has 7 heteroatoms. The fourth-order valence-electron chi connectivity index (χ4n) is 2.44. The van der Waals surface area contributed by atoms with Crippen molar-refractivity contribution in [1.82, 2.24) is 9.80 Å². The van der Waals surface area contributed by atoms with Gasteiger partial charge >= 0.3 is 0 Å². The van der Waals surface area contributed by atoms with Crippen molar-refractivity contribution in [2.45, 2.75) is 6.42 Å². The van der Waals surface area contributed by atoms with E-state index < -0.39 is 0 Å². The van der Waals surface area contributed by atoms with Crippen LogP contribution < -0.4 is 15.2 Å². The summed E-state index contributed by atoms with van der Waals surface area (Å²) in [6.07, 6.45) is 0.308. The summed E-state index contributed by atoms with van der Waals surface area (Å²) >= 11 is 0. The van der Waals surface area contributed by atoms with Gasteiger partial charge in [0.2, 0.25) is 11.8 Å². The summed E-state index contributed by atoms with van der Waals surface area (Å²) in [6.45, 7) is 2.50. The van der Waals surface area contributed by atoms with Gasteiger partial charge in [0.1, 0.15) is 11.5 Å². The van der Waals surface area contributed by atoms with E-state index in [1.165, 1.54) is 0 Å². The number of nitrogens with two attached hydrogens (primary N) is 1. The Balaban J connectivity index is 1.72. The SMILES string of the molecule is COc1cccc(OCCC(=O)N2CCN(C(=O)CN)CC2)c1. The van der Waals surface area contributed by atoms with Gasteiger partial charge in [0.05, 0.1) is 26.7 Å². The topological polar surface area (TPSA) is 85.1 Å². The lowest BCUT2D eigenvalue weighted by atomic mass is 10.2. The van der Waals surface area contributed by atoms with Gasteiger partial charge in [-0.15, -0.1) is 0 Å². The van der Waals surface area contributed by atoms with Crippen molar-refractivity contribution in [2.24, 2.45) is 5.73 Å². The van der Waals surface area contributed by atoms with Gasteiger partial charge in [-0.3, -0.25) is 9.59 Å². The van der Waals surface area contributed by atoms with Crippen LogP contribution in [-0.2, 0) is 9.59 Å². The Morgan fingerprint density at radius 3 is 2.30 bits per heavy atom. The molecule has 2 amide bonds. The molecular formula is C16H23N3O4. The minimum absolute atomic E-state index is 0.0162. The van der Waals surface area contributed by atoms with E-state index in [1.54, 1.807) is 23.0 Å². The molecule has 0 unspecified atom stereocenters. The van der Waals surface area contributed by atoms with Crippen molar-refractivity contribution < 1.29 is 19.1 Å². The molecular weight excluding hydrogens is 298 g/mol. The highest BCUT2D eigenvalue weighted by atomic mass is 16.5. The Morgan fingerprint density at radius 1 is 1.09 bits per heavy atom. The van der Waals surface area contributed by atoms with Gasteiger partial charge in [-0.25, -0.2) is 0 Å². The molecule has 0 saturated carbocycles. The van der Waals surface area contributed by atoms with E-state index in [-0.39, 0.29) is 18.4 Å². The summed E-state index contributed by atoms with van der Waals surface area (Å²) < 4.78 is 10.7. The first-order chi connectivity index (χ1) is 11.1. The van der Waals surface area contributed by atoms with Crippen molar-refractivity contribution >= 4 is 11.8 Å². The van der Waals surface area contributed by atoms with Crippen molar-refractivity contribution in [3.63, 3.8) is 0 Å². The van der Waals surface area contributed by atoms with Crippen molar-refractivity contribution in [3.8, 4) is 11.5 Å². The zero-order chi connectivity index (χ0) is 16.7. The number of amides is 2. The summed E-state index contributed by atoms with van der Waals surface area (Å²) in [5, 5.41) is 0. The maximum atomic E-state index is 12.2. The maximum absolute atomic E-state index is 12.2. The van der Waals surface area contributed by atoms with Crippen LogP contribution in [-0.4, -0.2) is 68.1 Å². The zero-order valence-corrected chi connectivity index (χ0v) is 13.4. The second-order valence-corrected chi connectivity index (χ2v) is 5.24. The number of nitrogens with zero attached hydrogens (tertiary/aromatic N) is 2. The molecule has 0 aromatic heterocycles. The first-order valence-corrected chi connectivity index (χ1v) is 7.66. The minimum atomic E-state index is -0.0709. The molecule has 2 rings (SSSR count). The average molecular weight is 321 g/mol. The highest BCUT2D eigenvalue weighted by Crippen LogP contribution is 2.19. The van der Waals surface area contributed by atoms with Crippen LogP contribution in [0.1, 0.15) is 6.42 Å². The number of benzene rings is 1. The number of ether oxygens (including phenoxy) is 2. The maximum Gasteiger partial charge on any atom is 0.236 e. The quantitative estimate of drug-likeness (QED) is 0.803. The van der Waals surface area contributed by atoms with Gasteiger partial charge < -0.3 is 25.0 Å². The number of methoxy groups -OCH3 is 1. The number of rotatable bonds is 6. The second-order valence-electron chi connectivity index (χ2n) is 5.24. The average Bonchev–Trinajstić information content (AvgIpc) is 2.61. The summed E-state index contributed by atoms with van der Waals surface area (Å²) in [6, 6.07) is 7.27. The van der Waals surface area contributed by atoms with E-state index in [0.29, 0.717) is 45.0 Å². The highest BCUT2D eigenvalue weighted by molar-refractivity contribution is 5.79. The molecule has 1 aliphatic rings. The van der Waals surface area contributed by atoms with E-state index >= 15 is 0 Å². The molecule has 0 bridgehead atoms. The van der Waals surface area contributed by atoms with Crippen LogP contribution in [0.2, 0.25) is 0 Å². The molecule has 0 atom stereocenters. The lowest BCUT2D eigenvalue weighted by Gasteiger charge is -2.34. The lowest BCUT2D eigenvalue weighted by Crippen LogP contribution is -2.52. The predicted octanol–water partition coefficient (Wildman–Crippen LogP) is 0.0936. The van der Waals surface area contributed by atoms with Gasteiger partial charge in [0.15, 0.2) is 0 Å². The molecule has 1 fully saturated rings. The number of carbonyl (C=O) groups excluding carboxylic acids is 2. The fourth-order valence-corrected chi connectivity index (χ4v) is 2.44. The summed E-state index contributed by atoms with van der Waals surface area (Å²) in [4.78, 5) is 27.1. The molecule has 7 nitrogen and oxygen atoms in total. The van der Waals surface area contributed by atoms with Crippen molar-refractivity contribution in [2.75, 3.05) is 46.4 Å². The summed E-state index contributed by atoms with van der Waals surface area (Å²) in [7, 11) is 1.59. The third kappa shape index (κ3) is 4.85. The van der Waals surface area contributed by atoms with Crippen LogP contribution in [0.15, 0.2) is 24.3 Å². The normalized spacial score (nSPS) is 14.5. The highest BCUT2D eigenvalue weighted by Gasteiger charge is 2.23. The fraction of sp³-hybridized carbons (Fsp3) is 0.500. The first kappa shape index (κ1) is 17.1. The number of hydrogen-bond acceptors (Lipinski definition) is 5. The zero-order valence-electron chi connectivity index (χ0n) is 13.4. The molecule has 1 aliphatic heterocycles. The number of carbonyl (C=O) groups is 2. The van der Waals surface area contributed by atoms with Crippen molar-refractivity contribution in [3.05, 3.63) is 24.3 Å². The Hall–Kier alpha value is -2.28. The molecule has 23 heavy (non-hydrogen) atoms. The predicted molar refractivity (Wildman–Crippen MR) is 85.3 cm³/mol. The number of piperazine rings is 1. The van der Waals surface area contributed by atoms with E-state index in [1.807, 2.05) is 18.2 Å². The third-order valence-corrected chi connectivity index (χ3v) is 3.79. The van der Waals surface area contributed by atoms with E-state index in [9.17, 15) is 9.59 Å². The van der Waals surface area contributed by atoms with Crippen molar-refractivity contribution in [1.29, 1.82) is 0 Å². The van der Waals surface area contributed by atoms with Gasteiger partial charge in [0, 0.05) is 32.2 Å². The largest absolute Gasteiger partial charge is 0.497 e. The van der Waals surface area contributed by atoms with Crippen LogP contribution >= 0.6 is 0 Å². The Kier molecular flexibility index (Phi) is 6.22. The molecule has 1 aromatic carbocycles. The third-order valence-electron chi connectivity index (χ3n) is 3.79. The Morgan fingerprint density at radius 2 is 1.70 bits per heavy atom. The van der Waals surface area contributed by atoms with Crippen LogP contribution in [0.4, 0.5) is 0 Å². The minimum Gasteiger partial charge on any atom is -0.497 e. The molecule has 0 aliphatic carbocycles. The van der Waals surface area contributed by atoms with Gasteiger partial charge in [0.25, 0.3) is 0 Å². The molecule has 1 heterocycles. The second kappa shape index (κ2) is 8.38. The first-order valence-electron chi connectivity index (χ1n) is 7.66. The molecule has 0 radical (unpaired) electrons. The van der Waals surface area contributed by atoms with E-state index in [2.05, 4.69) is 0 Å².